The normalized spacial score (nSPS) is 19.0. The van der Waals surface area contributed by atoms with Crippen molar-refractivity contribution in [2.45, 2.75) is 63.6 Å². The van der Waals surface area contributed by atoms with Crippen LogP contribution in [0.5, 0.6) is 0 Å². The van der Waals surface area contributed by atoms with Crippen molar-refractivity contribution in [2.24, 2.45) is 12.8 Å². The lowest BCUT2D eigenvalue weighted by Crippen LogP contribution is -2.41. The van der Waals surface area contributed by atoms with E-state index in [4.69, 9.17) is 29.9 Å². The Labute approximate surface area is 234 Å². The van der Waals surface area contributed by atoms with Crippen molar-refractivity contribution in [1.82, 2.24) is 14.5 Å². The summed E-state index contributed by atoms with van der Waals surface area (Å²) in [4.78, 5) is 22.2. The number of benzene rings is 2. The van der Waals surface area contributed by atoms with E-state index in [1.807, 2.05) is 49.5 Å². The fourth-order valence-electron chi connectivity index (χ4n) is 5.47. The predicted octanol–water partition coefficient (Wildman–Crippen LogP) is 4.73. The van der Waals surface area contributed by atoms with Gasteiger partial charge in [-0.2, -0.15) is 0 Å². The monoisotopic (exact) mass is 540 g/mol. The van der Waals surface area contributed by atoms with Crippen molar-refractivity contribution in [3.63, 3.8) is 0 Å². The minimum atomic E-state index is -0.994. The molecule has 0 radical (unpaired) electrons. The first-order valence-electron chi connectivity index (χ1n) is 14.1. The third-order valence-electron chi connectivity index (χ3n) is 7.75. The molecule has 6 rings (SSSR count). The van der Waals surface area contributed by atoms with Gasteiger partial charge >= 0.3 is 0 Å². The second kappa shape index (κ2) is 11.2. The molecule has 8 nitrogen and oxygen atoms in total. The Bertz CT molecular complexity index is 1530. The second-order valence-electron chi connectivity index (χ2n) is 10.9. The smallest absolute Gasteiger partial charge is 0.253 e. The van der Waals surface area contributed by atoms with Gasteiger partial charge in [-0.25, -0.2) is 9.97 Å². The van der Waals surface area contributed by atoms with Crippen molar-refractivity contribution < 1.29 is 14.2 Å². The van der Waals surface area contributed by atoms with Gasteiger partial charge in [0.2, 0.25) is 0 Å². The minimum Gasteiger partial charge on any atom is -0.358 e. The third-order valence-corrected chi connectivity index (χ3v) is 7.75. The van der Waals surface area contributed by atoms with Gasteiger partial charge in [-0.05, 0) is 73.9 Å². The quantitative estimate of drug-likeness (QED) is 0.328. The molecule has 1 saturated carbocycles. The van der Waals surface area contributed by atoms with Gasteiger partial charge in [0.25, 0.3) is 5.56 Å². The molecule has 1 aliphatic carbocycles. The lowest BCUT2D eigenvalue weighted by atomic mass is 9.87. The first-order chi connectivity index (χ1) is 19.5. The zero-order valence-electron chi connectivity index (χ0n) is 23.1. The Morgan fingerprint density at radius 1 is 1.05 bits per heavy atom. The molecular weight excluding hydrogens is 504 g/mol. The first kappa shape index (κ1) is 26.8. The van der Waals surface area contributed by atoms with Crippen LogP contribution in [0.1, 0.15) is 54.7 Å². The molecule has 2 unspecified atom stereocenters. The van der Waals surface area contributed by atoms with Crippen LogP contribution < -0.4 is 11.3 Å². The molecule has 208 valence electrons. The highest BCUT2D eigenvalue weighted by Gasteiger charge is 2.45. The van der Waals surface area contributed by atoms with Gasteiger partial charge in [0.05, 0.1) is 30.5 Å². The van der Waals surface area contributed by atoms with E-state index in [1.165, 1.54) is 0 Å². The van der Waals surface area contributed by atoms with Crippen LogP contribution in [-0.2, 0) is 33.4 Å². The minimum absolute atomic E-state index is 0.0100. The average molecular weight is 541 g/mol. The van der Waals surface area contributed by atoms with E-state index in [0.29, 0.717) is 18.0 Å². The van der Waals surface area contributed by atoms with Gasteiger partial charge in [0.1, 0.15) is 5.82 Å². The molecule has 8 heteroatoms. The molecule has 2 aromatic heterocycles. The molecule has 1 aliphatic heterocycles. The van der Waals surface area contributed by atoms with Crippen LogP contribution in [0.3, 0.4) is 0 Å². The van der Waals surface area contributed by atoms with E-state index >= 15 is 0 Å². The number of aryl methyl sites for hydroxylation is 2. The molecule has 2 fully saturated rings. The zero-order chi connectivity index (χ0) is 27.7. The van der Waals surface area contributed by atoms with Crippen molar-refractivity contribution >= 4 is 10.9 Å². The van der Waals surface area contributed by atoms with Gasteiger partial charge in [-0.3, -0.25) is 4.79 Å². The summed E-state index contributed by atoms with van der Waals surface area (Å²) < 4.78 is 21.0. The number of hydrogen-bond donors (Lipinski definition) is 1. The van der Waals surface area contributed by atoms with Crippen LogP contribution in [0.25, 0.3) is 22.0 Å². The fourth-order valence-corrected chi connectivity index (χ4v) is 5.47. The second-order valence-corrected chi connectivity index (χ2v) is 10.9. The fraction of sp³-hybridized carbons (Fsp3) is 0.406. The summed E-state index contributed by atoms with van der Waals surface area (Å²) in [6.45, 7) is 2.98. The Hall–Kier alpha value is -3.43. The largest absolute Gasteiger partial charge is 0.358 e. The van der Waals surface area contributed by atoms with Gasteiger partial charge in [0.15, 0.2) is 11.9 Å². The molecule has 40 heavy (non-hydrogen) atoms. The Balaban J connectivity index is 1.56. The van der Waals surface area contributed by atoms with Crippen molar-refractivity contribution in [3.05, 3.63) is 93.8 Å². The molecule has 2 aromatic carbocycles. The maximum Gasteiger partial charge on any atom is 0.253 e. The van der Waals surface area contributed by atoms with E-state index in [1.54, 1.807) is 11.6 Å². The van der Waals surface area contributed by atoms with Crippen LogP contribution >= 0.6 is 0 Å². The molecule has 1 saturated heterocycles. The number of fused-ring (bicyclic) bond motifs is 1. The molecular formula is C32H36N4O4. The molecule has 0 amide bonds. The van der Waals surface area contributed by atoms with E-state index in [0.717, 1.165) is 65.4 Å². The maximum atomic E-state index is 12.4. The summed E-state index contributed by atoms with van der Waals surface area (Å²) in [6, 6.07) is 18.2. The van der Waals surface area contributed by atoms with Gasteiger partial charge < -0.3 is 24.5 Å². The van der Waals surface area contributed by atoms with Crippen LogP contribution in [0.4, 0.5) is 0 Å². The number of pyridine rings is 1. The van der Waals surface area contributed by atoms with Crippen LogP contribution in [0.15, 0.2) is 65.6 Å². The van der Waals surface area contributed by atoms with E-state index in [-0.39, 0.29) is 31.1 Å². The molecule has 0 spiro atoms. The standard InChI is InChI=1S/C32H36N4O4/c1-21-16-23(19-36(2)31(21)37)22-11-14-27-26(17-22)30(35-28(18-33)34-27)32(40-25-12-13-25,24-8-4-3-5-9-24)20-39-29-10-6-7-15-38-29/h3-5,8-9,11,14,16-17,19,25,29H,6-7,10,12-13,15,18,20,33H2,1-2H3. The number of ether oxygens (including phenoxy) is 3. The summed E-state index contributed by atoms with van der Waals surface area (Å²) in [5.41, 5.74) is 10.2. The van der Waals surface area contributed by atoms with Crippen LogP contribution in [-0.4, -0.2) is 40.1 Å². The van der Waals surface area contributed by atoms with Gasteiger partial charge in [0, 0.05) is 30.8 Å². The average Bonchev–Trinajstić information content (AvgIpc) is 3.82. The zero-order valence-corrected chi connectivity index (χ0v) is 23.1. The van der Waals surface area contributed by atoms with E-state index < -0.39 is 5.60 Å². The predicted molar refractivity (Wildman–Crippen MR) is 154 cm³/mol. The van der Waals surface area contributed by atoms with Gasteiger partial charge in [-0.1, -0.05) is 36.4 Å². The Morgan fingerprint density at radius 3 is 2.58 bits per heavy atom. The molecule has 2 N–H and O–H groups in total. The number of rotatable bonds is 9. The van der Waals surface area contributed by atoms with Gasteiger partial charge in [-0.15, -0.1) is 0 Å². The summed E-state index contributed by atoms with van der Waals surface area (Å²) in [5.74, 6) is 0.543. The third kappa shape index (κ3) is 5.32. The van der Waals surface area contributed by atoms with Crippen LogP contribution in [0.2, 0.25) is 0 Å². The topological polar surface area (TPSA) is 101 Å². The summed E-state index contributed by atoms with van der Waals surface area (Å²) in [7, 11) is 1.77. The lowest BCUT2D eigenvalue weighted by molar-refractivity contribution is -0.197. The highest BCUT2D eigenvalue weighted by Crippen LogP contribution is 2.43. The molecule has 4 aromatic rings. The Kier molecular flexibility index (Phi) is 7.51. The Morgan fingerprint density at radius 2 is 1.88 bits per heavy atom. The van der Waals surface area contributed by atoms with E-state index in [9.17, 15) is 4.79 Å². The lowest BCUT2D eigenvalue weighted by Gasteiger charge is -2.36. The first-order valence-corrected chi connectivity index (χ1v) is 14.1. The number of nitrogens with two attached hydrogens (primary N) is 1. The number of nitrogens with zero attached hydrogens (tertiary/aromatic N) is 3. The van der Waals surface area contributed by atoms with Crippen molar-refractivity contribution in [2.75, 3.05) is 13.2 Å². The molecule has 2 atom stereocenters. The van der Waals surface area contributed by atoms with Crippen LogP contribution in [0, 0.1) is 6.92 Å². The SMILES string of the molecule is Cc1cc(-c2ccc3nc(CN)nc(C(COC4CCCCO4)(OC4CC4)c4ccccc4)c3c2)cn(C)c1=O. The highest BCUT2D eigenvalue weighted by molar-refractivity contribution is 5.87. The molecule has 2 aliphatic rings. The number of hydrogen-bond acceptors (Lipinski definition) is 7. The molecule has 0 bridgehead atoms. The number of aromatic nitrogens is 3. The molecule has 3 heterocycles. The summed E-state index contributed by atoms with van der Waals surface area (Å²) in [5, 5.41) is 0.860. The van der Waals surface area contributed by atoms with E-state index in [2.05, 4.69) is 18.2 Å². The van der Waals surface area contributed by atoms with Crippen molar-refractivity contribution in [1.29, 1.82) is 0 Å². The highest BCUT2D eigenvalue weighted by atomic mass is 16.7. The summed E-state index contributed by atoms with van der Waals surface area (Å²) in [6.07, 6.45) is 6.63. The maximum absolute atomic E-state index is 12.4. The van der Waals surface area contributed by atoms with Crippen molar-refractivity contribution in [3.8, 4) is 11.1 Å². The summed E-state index contributed by atoms with van der Waals surface area (Å²) >= 11 is 0.